The lowest BCUT2D eigenvalue weighted by Gasteiger charge is -2.03. The number of aromatic nitrogens is 1. The molecule has 1 heterocycles. The maximum absolute atomic E-state index is 3.81. The van der Waals surface area contributed by atoms with E-state index in [1.54, 1.807) is 0 Å². The highest BCUT2D eigenvalue weighted by molar-refractivity contribution is 5.64. The van der Waals surface area contributed by atoms with E-state index in [9.17, 15) is 0 Å². The maximum atomic E-state index is 3.81. The Hall–Kier alpha value is -1.24. The summed E-state index contributed by atoms with van der Waals surface area (Å²) in [5.74, 6) is 0.673. The van der Waals surface area contributed by atoms with Crippen molar-refractivity contribution in [3.05, 3.63) is 36.2 Å². The van der Waals surface area contributed by atoms with E-state index in [0.29, 0.717) is 5.92 Å². The molecule has 1 nitrogen and oxygen atoms in total. The predicted octanol–water partition coefficient (Wildman–Crippen LogP) is 3.50. The molecule has 0 unspecified atom stereocenters. The van der Waals surface area contributed by atoms with Crippen molar-refractivity contribution >= 4 is 12.2 Å². The minimum absolute atomic E-state index is 0.673. The third kappa shape index (κ3) is 2.11. The van der Waals surface area contributed by atoms with Crippen LogP contribution >= 0.6 is 0 Å². The van der Waals surface area contributed by atoms with Crippen LogP contribution in [0.5, 0.6) is 0 Å². The Morgan fingerprint density at radius 3 is 2.54 bits per heavy atom. The van der Waals surface area contributed by atoms with Crippen LogP contribution in [-0.4, -0.2) is 4.98 Å². The fourth-order valence-corrected chi connectivity index (χ4v) is 1.51. The minimum atomic E-state index is 0.673. The van der Waals surface area contributed by atoms with Gasteiger partial charge < -0.3 is 4.98 Å². The van der Waals surface area contributed by atoms with Crippen molar-refractivity contribution in [2.24, 2.45) is 5.92 Å². The molecule has 0 aliphatic carbocycles. The maximum Gasteiger partial charge on any atom is 0.0450 e. The van der Waals surface area contributed by atoms with Crippen LogP contribution in [0.4, 0.5) is 0 Å². The largest absolute Gasteiger partial charge is 0.361 e. The first-order chi connectivity index (χ1) is 6.19. The Bertz CT molecular complexity index is 305. The van der Waals surface area contributed by atoms with E-state index < -0.39 is 0 Å². The molecular weight excluding hydrogens is 158 g/mol. The molecule has 0 aliphatic rings. The Kier molecular flexibility index (Phi) is 3.13. The smallest absolute Gasteiger partial charge is 0.0450 e. The molecule has 0 spiro atoms. The molecule has 0 aliphatic heterocycles. The highest BCUT2D eigenvalue weighted by Gasteiger charge is 2.06. The van der Waals surface area contributed by atoms with Crippen LogP contribution < -0.4 is 0 Å². The fraction of sp³-hybridized carbons (Fsp3) is 0.333. The van der Waals surface area contributed by atoms with Gasteiger partial charge in [0, 0.05) is 17.5 Å². The number of nitrogens with one attached hydrogen (secondary N) is 1. The van der Waals surface area contributed by atoms with Crippen molar-refractivity contribution < 1.29 is 0 Å². The summed E-state index contributed by atoms with van der Waals surface area (Å²) in [5, 5.41) is 0. The van der Waals surface area contributed by atoms with E-state index in [0.717, 1.165) is 12.1 Å². The van der Waals surface area contributed by atoms with Gasteiger partial charge in [-0.1, -0.05) is 33.1 Å². The molecule has 0 radical (unpaired) electrons. The van der Waals surface area contributed by atoms with Crippen LogP contribution in [0.3, 0.4) is 0 Å². The molecule has 13 heavy (non-hydrogen) atoms. The third-order valence-corrected chi connectivity index (χ3v) is 2.07. The molecular formula is C12H17N. The van der Waals surface area contributed by atoms with Crippen molar-refractivity contribution in [1.29, 1.82) is 0 Å². The molecule has 0 saturated heterocycles. The van der Waals surface area contributed by atoms with Gasteiger partial charge in [0.05, 0.1) is 0 Å². The third-order valence-electron chi connectivity index (χ3n) is 2.07. The molecule has 0 saturated carbocycles. The number of H-pyrrole nitrogens is 1. The average molecular weight is 175 g/mol. The van der Waals surface area contributed by atoms with Gasteiger partial charge in [0.2, 0.25) is 0 Å². The Labute approximate surface area is 80.2 Å². The zero-order chi connectivity index (χ0) is 9.84. The van der Waals surface area contributed by atoms with E-state index in [-0.39, 0.29) is 0 Å². The van der Waals surface area contributed by atoms with Crippen LogP contribution in [0.1, 0.15) is 30.7 Å². The quantitative estimate of drug-likeness (QED) is 0.721. The molecule has 0 atom stereocenters. The van der Waals surface area contributed by atoms with Crippen LogP contribution in [0.2, 0.25) is 0 Å². The van der Waals surface area contributed by atoms with Gasteiger partial charge in [0.25, 0.3) is 0 Å². The molecule has 0 aromatic carbocycles. The fourth-order valence-electron chi connectivity index (χ4n) is 1.51. The van der Waals surface area contributed by atoms with Crippen molar-refractivity contribution in [1.82, 2.24) is 4.98 Å². The molecule has 0 bridgehead atoms. The highest BCUT2D eigenvalue weighted by atomic mass is 14.7. The zero-order valence-corrected chi connectivity index (χ0v) is 8.43. The number of rotatable bonds is 4. The van der Waals surface area contributed by atoms with Gasteiger partial charge in [-0.25, -0.2) is 0 Å². The van der Waals surface area contributed by atoms with Crippen molar-refractivity contribution in [2.75, 3.05) is 0 Å². The van der Waals surface area contributed by atoms with Crippen molar-refractivity contribution in [2.45, 2.75) is 20.3 Å². The molecule has 0 fully saturated rings. The van der Waals surface area contributed by atoms with E-state index in [4.69, 9.17) is 0 Å². The normalized spacial score (nSPS) is 10.4. The Balaban J connectivity index is 3.00. The second-order valence-corrected chi connectivity index (χ2v) is 3.65. The summed E-state index contributed by atoms with van der Waals surface area (Å²) in [6.45, 7) is 12.0. The van der Waals surface area contributed by atoms with Crippen LogP contribution in [0.25, 0.3) is 12.2 Å². The first-order valence-corrected chi connectivity index (χ1v) is 4.64. The lowest BCUT2D eigenvalue weighted by molar-refractivity contribution is 0.647. The van der Waals surface area contributed by atoms with Gasteiger partial charge in [-0.05, 0) is 24.0 Å². The standard InChI is InChI=1S/C12H17N/c1-5-11-10(7-9(3)4)8-13-12(11)6-2/h5-6,8-9,13H,1-2,7H2,3-4H3. The number of hydrogen-bond donors (Lipinski definition) is 1. The SMILES string of the molecule is C=Cc1[nH]cc(CC(C)C)c1C=C. The highest BCUT2D eigenvalue weighted by Crippen LogP contribution is 2.19. The van der Waals surface area contributed by atoms with Gasteiger partial charge in [-0.3, -0.25) is 0 Å². The van der Waals surface area contributed by atoms with Crippen molar-refractivity contribution in [3.8, 4) is 0 Å². The summed E-state index contributed by atoms with van der Waals surface area (Å²) in [5.41, 5.74) is 3.61. The predicted molar refractivity (Wildman–Crippen MR) is 59.5 cm³/mol. The topological polar surface area (TPSA) is 15.8 Å². The zero-order valence-electron chi connectivity index (χ0n) is 8.43. The summed E-state index contributed by atoms with van der Waals surface area (Å²) in [7, 11) is 0. The lowest BCUT2D eigenvalue weighted by atomic mass is 10.0. The van der Waals surface area contributed by atoms with E-state index in [1.807, 2.05) is 18.3 Å². The summed E-state index contributed by atoms with van der Waals surface area (Å²) in [6.07, 6.45) is 6.87. The van der Waals surface area contributed by atoms with Crippen molar-refractivity contribution in [3.63, 3.8) is 0 Å². The summed E-state index contributed by atoms with van der Waals surface area (Å²) in [6, 6.07) is 0. The van der Waals surface area contributed by atoms with Gasteiger partial charge >= 0.3 is 0 Å². The molecule has 1 heteroatoms. The van der Waals surface area contributed by atoms with Gasteiger partial charge in [0.15, 0.2) is 0 Å². The van der Waals surface area contributed by atoms with Crippen LogP contribution in [-0.2, 0) is 6.42 Å². The van der Waals surface area contributed by atoms with Crippen LogP contribution in [0.15, 0.2) is 19.4 Å². The Morgan fingerprint density at radius 2 is 2.08 bits per heavy atom. The summed E-state index contributed by atoms with van der Waals surface area (Å²) >= 11 is 0. The molecule has 1 N–H and O–H groups in total. The average Bonchev–Trinajstić information content (AvgIpc) is 2.45. The second-order valence-electron chi connectivity index (χ2n) is 3.65. The van der Waals surface area contributed by atoms with Gasteiger partial charge in [-0.2, -0.15) is 0 Å². The first-order valence-electron chi connectivity index (χ1n) is 4.64. The molecule has 1 rings (SSSR count). The van der Waals surface area contributed by atoms with Crippen LogP contribution in [0, 0.1) is 5.92 Å². The second kappa shape index (κ2) is 4.13. The molecule has 1 aromatic rings. The molecule has 0 amide bonds. The monoisotopic (exact) mass is 175 g/mol. The van der Waals surface area contributed by atoms with E-state index >= 15 is 0 Å². The number of hydrogen-bond acceptors (Lipinski definition) is 0. The van der Waals surface area contributed by atoms with E-state index in [1.165, 1.54) is 11.1 Å². The van der Waals surface area contributed by atoms with Gasteiger partial charge in [0.1, 0.15) is 0 Å². The first kappa shape index (κ1) is 9.85. The van der Waals surface area contributed by atoms with Gasteiger partial charge in [-0.15, -0.1) is 0 Å². The lowest BCUT2D eigenvalue weighted by Crippen LogP contribution is -1.93. The Morgan fingerprint density at radius 1 is 1.38 bits per heavy atom. The summed E-state index contributed by atoms with van der Waals surface area (Å²) < 4.78 is 0. The number of aromatic amines is 1. The molecule has 70 valence electrons. The molecule has 1 aromatic heterocycles. The van der Waals surface area contributed by atoms with E-state index in [2.05, 4.69) is 32.0 Å². The summed E-state index contributed by atoms with van der Waals surface area (Å²) in [4.78, 5) is 3.19. The minimum Gasteiger partial charge on any atom is -0.361 e.